The van der Waals surface area contributed by atoms with Crippen molar-refractivity contribution in [3.05, 3.63) is 64.2 Å². The van der Waals surface area contributed by atoms with Crippen LogP contribution in [0.5, 0.6) is 0 Å². The maximum absolute atomic E-state index is 14.1. The van der Waals surface area contributed by atoms with Gasteiger partial charge in [-0.15, -0.1) is 0 Å². The monoisotopic (exact) mass is 434 g/mol. The van der Waals surface area contributed by atoms with Gasteiger partial charge in [-0.1, -0.05) is 17.7 Å². The smallest absolute Gasteiger partial charge is 0.323 e. The number of rotatable bonds is 4. The molecule has 2 aliphatic rings. The zero-order valence-corrected chi connectivity index (χ0v) is 15.9. The Bertz CT molecular complexity index is 1140. The lowest BCUT2D eigenvalue weighted by atomic mass is 9.80. The van der Waals surface area contributed by atoms with Crippen molar-refractivity contribution in [3.8, 4) is 0 Å². The van der Waals surface area contributed by atoms with Crippen LogP contribution < -0.4 is 4.90 Å². The number of aliphatic carboxylic acids is 1. The summed E-state index contributed by atoms with van der Waals surface area (Å²) < 4.78 is 27.2. The Morgan fingerprint density at radius 1 is 1.07 bits per heavy atom. The van der Waals surface area contributed by atoms with Gasteiger partial charge in [0.2, 0.25) is 17.7 Å². The van der Waals surface area contributed by atoms with E-state index in [1.54, 1.807) is 0 Å². The molecule has 0 radical (unpaired) electrons. The molecule has 2 aromatic rings. The lowest BCUT2D eigenvalue weighted by Crippen LogP contribution is -2.47. The van der Waals surface area contributed by atoms with Crippen LogP contribution in [0.2, 0.25) is 5.02 Å². The quantitative estimate of drug-likeness (QED) is 0.588. The summed E-state index contributed by atoms with van der Waals surface area (Å²) in [6.07, 6.45) is -0.545. The highest BCUT2D eigenvalue weighted by Gasteiger charge is 2.63. The van der Waals surface area contributed by atoms with Gasteiger partial charge in [0.25, 0.3) is 0 Å². The molecule has 1 atom stereocenters. The normalized spacial score (nSPS) is 20.4. The zero-order chi connectivity index (χ0) is 21.8. The highest BCUT2D eigenvalue weighted by Crippen LogP contribution is 2.49. The van der Waals surface area contributed by atoms with Crippen molar-refractivity contribution >= 4 is 41.0 Å². The van der Waals surface area contributed by atoms with Gasteiger partial charge in [-0.3, -0.25) is 29.0 Å². The number of halogens is 3. The Morgan fingerprint density at radius 3 is 2.43 bits per heavy atom. The number of anilines is 1. The lowest BCUT2D eigenvalue weighted by molar-refractivity contribution is -0.143. The summed E-state index contributed by atoms with van der Waals surface area (Å²) in [5.74, 6) is -5.56. The molecule has 10 heteroatoms. The molecule has 2 aromatic carbocycles. The van der Waals surface area contributed by atoms with E-state index in [2.05, 4.69) is 0 Å². The van der Waals surface area contributed by atoms with E-state index in [-0.39, 0.29) is 21.8 Å². The molecule has 154 valence electrons. The molecule has 1 N–H and O–H groups in total. The lowest BCUT2D eigenvalue weighted by Gasteiger charge is -2.22. The van der Waals surface area contributed by atoms with Crippen LogP contribution in [0.15, 0.2) is 36.4 Å². The average Bonchev–Trinajstić information content (AvgIpc) is 3.04. The highest BCUT2D eigenvalue weighted by atomic mass is 35.5. The molecule has 2 heterocycles. The molecular formula is C20H13ClF2N2O5. The van der Waals surface area contributed by atoms with E-state index in [0.717, 1.165) is 21.9 Å². The SMILES string of the molecule is O=C(O)CN1C(=O)C2(CC(=O)N(Cc3ccc(F)cc3F)C2=O)c2cc(Cl)ccc21. The van der Waals surface area contributed by atoms with E-state index in [1.165, 1.54) is 18.2 Å². The largest absolute Gasteiger partial charge is 0.480 e. The molecule has 1 unspecified atom stereocenters. The number of carboxylic acids is 1. The third-order valence-corrected chi connectivity index (χ3v) is 5.52. The summed E-state index contributed by atoms with van der Waals surface area (Å²) in [7, 11) is 0. The predicted molar refractivity (Wildman–Crippen MR) is 99.7 cm³/mol. The highest BCUT2D eigenvalue weighted by molar-refractivity contribution is 6.32. The molecule has 7 nitrogen and oxygen atoms in total. The van der Waals surface area contributed by atoms with E-state index in [4.69, 9.17) is 16.7 Å². The first-order valence-electron chi connectivity index (χ1n) is 8.77. The number of fused-ring (bicyclic) bond motifs is 2. The predicted octanol–water partition coefficient (Wildman–Crippen LogP) is 2.25. The van der Waals surface area contributed by atoms with Crippen LogP contribution in [-0.2, 0) is 31.1 Å². The first-order chi connectivity index (χ1) is 14.1. The molecule has 2 aliphatic heterocycles. The number of nitrogens with zero attached hydrogens (tertiary/aromatic N) is 2. The van der Waals surface area contributed by atoms with Gasteiger partial charge in [0.15, 0.2) is 5.41 Å². The molecule has 1 spiro atoms. The average molecular weight is 435 g/mol. The van der Waals surface area contributed by atoms with Crippen molar-refractivity contribution in [2.75, 3.05) is 11.4 Å². The second-order valence-electron chi connectivity index (χ2n) is 7.05. The minimum Gasteiger partial charge on any atom is -0.480 e. The van der Waals surface area contributed by atoms with Gasteiger partial charge in [0.1, 0.15) is 18.2 Å². The summed E-state index contributed by atoms with van der Waals surface area (Å²) in [4.78, 5) is 52.1. The third kappa shape index (κ3) is 2.85. The van der Waals surface area contributed by atoms with Gasteiger partial charge < -0.3 is 5.11 Å². The van der Waals surface area contributed by atoms with Crippen molar-refractivity contribution in [1.82, 2.24) is 4.90 Å². The van der Waals surface area contributed by atoms with Gasteiger partial charge >= 0.3 is 5.97 Å². The van der Waals surface area contributed by atoms with Crippen LogP contribution in [-0.4, -0.2) is 40.2 Å². The summed E-state index contributed by atoms with van der Waals surface area (Å²) in [6.45, 7) is -1.20. The fourth-order valence-electron chi connectivity index (χ4n) is 3.93. The third-order valence-electron chi connectivity index (χ3n) is 5.28. The topological polar surface area (TPSA) is 95.0 Å². The number of hydrogen-bond donors (Lipinski definition) is 1. The van der Waals surface area contributed by atoms with Crippen LogP contribution in [0, 0.1) is 11.6 Å². The number of carbonyl (C=O) groups is 4. The van der Waals surface area contributed by atoms with Crippen LogP contribution >= 0.6 is 11.6 Å². The summed E-state index contributed by atoms with van der Waals surface area (Å²) in [5.41, 5.74) is -1.78. The fourth-order valence-corrected chi connectivity index (χ4v) is 4.10. The number of amides is 3. The number of imide groups is 1. The van der Waals surface area contributed by atoms with Crippen LogP contribution in [0.1, 0.15) is 17.5 Å². The minimum absolute atomic E-state index is 0.102. The van der Waals surface area contributed by atoms with Gasteiger partial charge in [-0.2, -0.15) is 0 Å². The molecule has 1 saturated heterocycles. The van der Waals surface area contributed by atoms with Gasteiger partial charge in [-0.25, -0.2) is 8.78 Å². The standard InChI is InChI=1S/C20H13ClF2N2O5/c21-11-2-4-15-13(5-11)20(18(29)24(15)9-17(27)28)7-16(26)25(19(20)30)8-10-1-3-12(22)6-14(10)23/h1-6H,7-9H2,(H,27,28). The second kappa shape index (κ2) is 6.88. The van der Waals surface area contributed by atoms with Gasteiger partial charge in [0, 0.05) is 27.9 Å². The number of hydrogen-bond acceptors (Lipinski definition) is 4. The number of benzene rings is 2. The maximum atomic E-state index is 14.1. The van der Waals surface area contributed by atoms with Crippen molar-refractivity contribution in [2.45, 2.75) is 18.4 Å². The summed E-state index contributed by atoms with van der Waals surface area (Å²) in [5, 5.41) is 9.36. The second-order valence-corrected chi connectivity index (χ2v) is 7.49. The van der Waals surface area contributed by atoms with Crippen LogP contribution in [0.25, 0.3) is 0 Å². The molecule has 1 fully saturated rings. The molecule has 0 aromatic heterocycles. The number of likely N-dealkylation sites (tertiary alicyclic amines) is 1. The van der Waals surface area contributed by atoms with E-state index >= 15 is 0 Å². The van der Waals surface area contributed by atoms with E-state index in [1.807, 2.05) is 0 Å². The Balaban J connectivity index is 1.78. The van der Waals surface area contributed by atoms with E-state index in [0.29, 0.717) is 6.07 Å². The minimum atomic E-state index is -1.97. The van der Waals surface area contributed by atoms with Crippen molar-refractivity contribution < 1.29 is 33.1 Å². The maximum Gasteiger partial charge on any atom is 0.323 e. The first-order valence-corrected chi connectivity index (χ1v) is 9.15. The fraction of sp³-hybridized carbons (Fsp3) is 0.200. The molecular weight excluding hydrogens is 422 g/mol. The molecule has 0 aliphatic carbocycles. The molecule has 0 saturated carbocycles. The van der Waals surface area contributed by atoms with Crippen molar-refractivity contribution in [2.24, 2.45) is 0 Å². The van der Waals surface area contributed by atoms with Crippen molar-refractivity contribution in [1.29, 1.82) is 0 Å². The molecule has 30 heavy (non-hydrogen) atoms. The first kappa shape index (κ1) is 20.0. The number of carbonyl (C=O) groups excluding carboxylic acids is 3. The van der Waals surface area contributed by atoms with Gasteiger partial charge in [0.05, 0.1) is 13.0 Å². The molecule has 4 rings (SSSR count). The zero-order valence-electron chi connectivity index (χ0n) is 15.2. The number of carboxylic acid groups (broad SMARTS) is 1. The Morgan fingerprint density at radius 2 is 1.77 bits per heavy atom. The summed E-state index contributed by atoms with van der Waals surface area (Å²) in [6, 6.07) is 6.92. The van der Waals surface area contributed by atoms with Gasteiger partial charge in [-0.05, 0) is 24.3 Å². The van der Waals surface area contributed by atoms with E-state index < -0.39 is 60.3 Å². The Kier molecular flexibility index (Phi) is 4.58. The van der Waals surface area contributed by atoms with Crippen LogP contribution in [0.3, 0.4) is 0 Å². The summed E-state index contributed by atoms with van der Waals surface area (Å²) >= 11 is 6.03. The molecule has 0 bridgehead atoms. The van der Waals surface area contributed by atoms with Crippen molar-refractivity contribution in [3.63, 3.8) is 0 Å². The molecule has 3 amide bonds. The Hall–Kier alpha value is -3.33. The van der Waals surface area contributed by atoms with Crippen LogP contribution in [0.4, 0.5) is 14.5 Å². The van der Waals surface area contributed by atoms with E-state index in [9.17, 15) is 28.0 Å². The Labute approximate surface area is 173 Å².